The molecule has 1 heterocycles. The second-order valence-corrected chi connectivity index (χ2v) is 7.01. The third-order valence-electron chi connectivity index (χ3n) is 3.19. The van der Waals surface area contributed by atoms with Crippen molar-refractivity contribution in [1.82, 2.24) is 4.98 Å². The molecule has 7 heteroatoms. The molecular weight excluding hydrogens is 354 g/mol. The number of aryl methyl sites for hydroxylation is 3. The van der Waals surface area contributed by atoms with Crippen molar-refractivity contribution in [2.24, 2.45) is 0 Å². The number of hydrogen-bond donors (Lipinski definition) is 1. The second-order valence-electron chi connectivity index (χ2n) is 4.92. The molecule has 0 aliphatic carbocycles. The Kier molecular flexibility index (Phi) is 4.63. The first kappa shape index (κ1) is 15.9. The van der Waals surface area contributed by atoms with Gasteiger partial charge in [-0.1, -0.05) is 0 Å². The van der Waals surface area contributed by atoms with Crippen molar-refractivity contribution >= 4 is 38.6 Å². The van der Waals surface area contributed by atoms with E-state index < -0.39 is 0 Å². The number of thiazole rings is 1. The number of rotatable bonds is 4. The summed E-state index contributed by atoms with van der Waals surface area (Å²) in [5.74, 6) is 0. The lowest BCUT2D eigenvalue weighted by atomic mass is 10.1. The van der Waals surface area contributed by atoms with Crippen LogP contribution in [0.25, 0.3) is 0 Å². The maximum Gasteiger partial charge on any atom is 0.274 e. The summed E-state index contributed by atoms with van der Waals surface area (Å²) in [5, 5.41) is 15.4. The van der Waals surface area contributed by atoms with Gasteiger partial charge in [0.15, 0.2) is 0 Å². The van der Waals surface area contributed by atoms with Crippen molar-refractivity contribution in [2.75, 3.05) is 5.32 Å². The van der Waals surface area contributed by atoms with Crippen molar-refractivity contribution in [3.8, 4) is 0 Å². The summed E-state index contributed by atoms with van der Waals surface area (Å²) in [6.07, 6.45) is 0. The first-order chi connectivity index (χ1) is 9.79. The van der Waals surface area contributed by atoms with Crippen LogP contribution in [0.5, 0.6) is 0 Å². The number of nitro groups is 1. The van der Waals surface area contributed by atoms with Crippen LogP contribution in [0.4, 0.5) is 11.4 Å². The van der Waals surface area contributed by atoms with Crippen LogP contribution in [0, 0.1) is 30.9 Å². The minimum absolute atomic E-state index is 0.0369. The van der Waals surface area contributed by atoms with Crippen molar-refractivity contribution in [3.63, 3.8) is 0 Å². The predicted octanol–water partition coefficient (Wildman–Crippen LogP) is 4.91. The third kappa shape index (κ3) is 3.41. The van der Waals surface area contributed by atoms with Gasteiger partial charge in [0.2, 0.25) is 0 Å². The molecule has 0 aliphatic rings. The molecule has 2 aromatic rings. The molecule has 0 amide bonds. The van der Waals surface area contributed by atoms with Crippen molar-refractivity contribution in [2.45, 2.75) is 33.7 Å². The summed E-state index contributed by atoms with van der Waals surface area (Å²) in [4.78, 5) is 16.2. The van der Waals surface area contributed by atoms with E-state index >= 15 is 0 Å². The van der Waals surface area contributed by atoms with Crippen LogP contribution in [-0.4, -0.2) is 9.91 Å². The van der Waals surface area contributed by atoms with Gasteiger partial charge in [-0.05, 0) is 49.7 Å². The maximum absolute atomic E-state index is 11.1. The number of hydrogen-bond acceptors (Lipinski definition) is 5. The number of halogens is 1. The molecule has 2 rings (SSSR count). The molecule has 1 N–H and O–H groups in total. The summed E-state index contributed by atoms with van der Waals surface area (Å²) < 4.78 is 0.816. The smallest absolute Gasteiger partial charge is 0.274 e. The Morgan fingerprint density at radius 2 is 2.05 bits per heavy atom. The largest absolute Gasteiger partial charge is 0.377 e. The zero-order chi connectivity index (χ0) is 15.7. The Morgan fingerprint density at radius 3 is 2.57 bits per heavy atom. The van der Waals surface area contributed by atoms with Gasteiger partial charge in [0, 0.05) is 21.0 Å². The average Bonchev–Trinajstić information content (AvgIpc) is 2.71. The van der Waals surface area contributed by atoms with Crippen LogP contribution < -0.4 is 5.32 Å². The SMILES string of the molecule is Cc1nc(C)c(C(C)Nc2cc([N+](=O)[O-])c(C)cc2Br)s1. The van der Waals surface area contributed by atoms with Crippen LogP contribution in [-0.2, 0) is 0 Å². The van der Waals surface area contributed by atoms with E-state index in [2.05, 4.69) is 26.2 Å². The van der Waals surface area contributed by atoms with E-state index in [1.807, 2.05) is 20.8 Å². The highest BCUT2D eigenvalue weighted by molar-refractivity contribution is 9.10. The summed E-state index contributed by atoms with van der Waals surface area (Å²) >= 11 is 5.10. The Bertz CT molecular complexity index is 700. The molecule has 0 saturated carbocycles. The number of nitrogens with zero attached hydrogens (tertiary/aromatic N) is 2. The van der Waals surface area contributed by atoms with E-state index in [0.29, 0.717) is 11.3 Å². The van der Waals surface area contributed by atoms with E-state index in [1.165, 1.54) is 0 Å². The van der Waals surface area contributed by atoms with E-state index in [4.69, 9.17) is 0 Å². The standard InChI is InChI=1S/C14H16BrN3O2S/c1-7-5-11(15)12(6-13(7)18(19)20)17-9(3)14-8(2)16-10(4)21-14/h5-6,9,17H,1-4H3. The first-order valence-corrected chi connectivity index (χ1v) is 8.05. The van der Waals surface area contributed by atoms with Gasteiger partial charge in [-0.15, -0.1) is 11.3 Å². The van der Waals surface area contributed by atoms with Gasteiger partial charge < -0.3 is 5.32 Å². The first-order valence-electron chi connectivity index (χ1n) is 6.44. The molecular formula is C14H16BrN3O2S. The Labute approximate surface area is 135 Å². The molecule has 0 aliphatic heterocycles. The molecule has 0 radical (unpaired) electrons. The summed E-state index contributed by atoms with van der Waals surface area (Å²) in [5.41, 5.74) is 2.46. The lowest BCUT2D eigenvalue weighted by molar-refractivity contribution is -0.385. The molecule has 1 unspecified atom stereocenters. The van der Waals surface area contributed by atoms with Crippen LogP contribution in [0.3, 0.4) is 0 Å². The highest BCUT2D eigenvalue weighted by Gasteiger charge is 2.18. The minimum Gasteiger partial charge on any atom is -0.377 e. The third-order valence-corrected chi connectivity index (χ3v) is 5.10. The van der Waals surface area contributed by atoms with E-state index in [0.717, 1.165) is 20.1 Å². The van der Waals surface area contributed by atoms with Crippen LogP contribution in [0.1, 0.15) is 34.1 Å². The topological polar surface area (TPSA) is 68.1 Å². The normalized spacial score (nSPS) is 12.2. The predicted molar refractivity (Wildman–Crippen MR) is 89.2 cm³/mol. The molecule has 5 nitrogen and oxygen atoms in total. The van der Waals surface area contributed by atoms with Gasteiger partial charge in [0.25, 0.3) is 5.69 Å². The molecule has 1 aromatic heterocycles. The fourth-order valence-corrected chi connectivity index (χ4v) is 3.72. The van der Waals surface area contributed by atoms with Gasteiger partial charge in [-0.2, -0.15) is 0 Å². The molecule has 0 saturated heterocycles. The Morgan fingerprint density at radius 1 is 1.38 bits per heavy atom. The molecule has 21 heavy (non-hydrogen) atoms. The molecule has 1 aromatic carbocycles. The molecule has 1 atom stereocenters. The van der Waals surface area contributed by atoms with Crippen molar-refractivity contribution < 1.29 is 4.92 Å². The van der Waals surface area contributed by atoms with Crippen molar-refractivity contribution in [3.05, 3.63) is 47.9 Å². The zero-order valence-corrected chi connectivity index (χ0v) is 14.6. The Hall–Kier alpha value is -1.47. The van der Waals surface area contributed by atoms with E-state index in [1.54, 1.807) is 30.4 Å². The van der Waals surface area contributed by atoms with Crippen LogP contribution in [0.15, 0.2) is 16.6 Å². The number of anilines is 1. The quantitative estimate of drug-likeness (QED) is 0.613. The van der Waals surface area contributed by atoms with Gasteiger partial charge in [0.05, 0.1) is 27.4 Å². The van der Waals surface area contributed by atoms with Gasteiger partial charge >= 0.3 is 0 Å². The monoisotopic (exact) mass is 369 g/mol. The van der Waals surface area contributed by atoms with Gasteiger partial charge in [0.1, 0.15) is 0 Å². The fraction of sp³-hybridized carbons (Fsp3) is 0.357. The minimum atomic E-state index is -0.361. The van der Waals surface area contributed by atoms with Gasteiger partial charge in [-0.3, -0.25) is 10.1 Å². The van der Waals surface area contributed by atoms with E-state index in [9.17, 15) is 10.1 Å². The molecule has 0 bridgehead atoms. The maximum atomic E-state index is 11.1. The van der Waals surface area contributed by atoms with Crippen LogP contribution in [0.2, 0.25) is 0 Å². The second kappa shape index (κ2) is 6.11. The molecule has 0 spiro atoms. The summed E-state index contributed by atoms with van der Waals surface area (Å²) in [7, 11) is 0. The van der Waals surface area contributed by atoms with Crippen molar-refractivity contribution in [1.29, 1.82) is 0 Å². The number of aromatic nitrogens is 1. The lowest BCUT2D eigenvalue weighted by Crippen LogP contribution is -2.07. The fourth-order valence-electron chi connectivity index (χ4n) is 2.22. The highest BCUT2D eigenvalue weighted by atomic mass is 79.9. The summed E-state index contributed by atoms with van der Waals surface area (Å²) in [6, 6.07) is 3.37. The Balaban J connectivity index is 2.33. The average molecular weight is 370 g/mol. The highest BCUT2D eigenvalue weighted by Crippen LogP contribution is 2.34. The lowest BCUT2D eigenvalue weighted by Gasteiger charge is -2.16. The number of nitro benzene ring substituents is 1. The van der Waals surface area contributed by atoms with E-state index in [-0.39, 0.29) is 16.7 Å². The zero-order valence-electron chi connectivity index (χ0n) is 12.2. The molecule has 0 fully saturated rings. The van der Waals surface area contributed by atoms with Gasteiger partial charge in [-0.25, -0.2) is 4.98 Å². The molecule has 112 valence electrons. The number of benzene rings is 1. The number of nitrogens with one attached hydrogen (secondary N) is 1. The summed E-state index contributed by atoms with van der Waals surface area (Å²) in [6.45, 7) is 7.70. The van der Waals surface area contributed by atoms with Crippen LogP contribution >= 0.6 is 27.3 Å².